The Morgan fingerprint density at radius 2 is 2.12 bits per heavy atom. The Morgan fingerprint density at radius 1 is 1.24 bits per heavy atom. The number of likely N-dealkylation sites (tertiary alicyclic amines) is 1. The molecule has 3 fully saturated rings. The highest BCUT2D eigenvalue weighted by atomic mass is 16.5. The van der Waals surface area contributed by atoms with Crippen molar-refractivity contribution in [2.24, 2.45) is 0 Å². The van der Waals surface area contributed by atoms with Gasteiger partial charge in [0, 0.05) is 18.8 Å². The van der Waals surface area contributed by atoms with Crippen molar-refractivity contribution in [3.05, 3.63) is 18.0 Å². The van der Waals surface area contributed by atoms with Crippen LogP contribution < -0.4 is 0 Å². The van der Waals surface area contributed by atoms with Crippen molar-refractivity contribution < 1.29 is 9.53 Å². The van der Waals surface area contributed by atoms with Gasteiger partial charge in [-0.3, -0.25) is 14.4 Å². The van der Waals surface area contributed by atoms with Crippen LogP contribution in [0, 0.1) is 6.92 Å². The van der Waals surface area contributed by atoms with E-state index < -0.39 is 0 Å². The number of aromatic nitrogens is 2. The number of hydrogen-bond acceptors (Lipinski definition) is 4. The van der Waals surface area contributed by atoms with Crippen molar-refractivity contribution in [3.8, 4) is 0 Å². The Balaban J connectivity index is 1.37. The number of rotatable bonds is 4. The van der Waals surface area contributed by atoms with E-state index in [1.54, 1.807) is 0 Å². The van der Waals surface area contributed by atoms with Gasteiger partial charge >= 0.3 is 0 Å². The van der Waals surface area contributed by atoms with Crippen LogP contribution in [0.4, 0.5) is 0 Å². The first-order valence-corrected chi connectivity index (χ1v) is 9.85. The minimum absolute atomic E-state index is 0.271. The largest absolute Gasteiger partial charge is 0.374 e. The van der Waals surface area contributed by atoms with Crippen molar-refractivity contribution >= 4 is 5.91 Å². The molecule has 1 aromatic heterocycles. The maximum absolute atomic E-state index is 13.0. The summed E-state index contributed by atoms with van der Waals surface area (Å²) in [6.07, 6.45) is 11.3. The normalized spacial score (nSPS) is 30.4. The third-order valence-electron chi connectivity index (χ3n) is 6.05. The number of fused-ring (bicyclic) bond motifs is 1. The highest BCUT2D eigenvalue weighted by Crippen LogP contribution is 2.29. The molecular weight excluding hydrogens is 316 g/mol. The molecule has 1 amide bonds. The van der Waals surface area contributed by atoms with Crippen LogP contribution in [0.15, 0.2) is 12.4 Å². The molecule has 1 saturated carbocycles. The lowest BCUT2D eigenvalue weighted by molar-refractivity contribution is -0.150. The molecule has 0 aromatic carbocycles. The first-order chi connectivity index (χ1) is 12.2. The smallest absolute Gasteiger partial charge is 0.237 e. The first kappa shape index (κ1) is 17.0. The van der Waals surface area contributed by atoms with E-state index in [0.29, 0.717) is 31.1 Å². The van der Waals surface area contributed by atoms with Gasteiger partial charge in [-0.15, -0.1) is 0 Å². The average Bonchev–Trinajstić information content (AvgIpc) is 3.23. The zero-order valence-electron chi connectivity index (χ0n) is 15.3. The molecule has 3 unspecified atom stereocenters. The number of amides is 1. The number of carbonyl (C=O) groups excluding carboxylic acids is 1. The number of carbonyl (C=O) groups is 1. The topological polar surface area (TPSA) is 50.6 Å². The molecule has 1 aromatic rings. The molecule has 6 nitrogen and oxygen atoms in total. The lowest BCUT2D eigenvalue weighted by atomic mass is 9.90. The minimum atomic E-state index is 0.271. The van der Waals surface area contributed by atoms with Crippen LogP contribution in [0.25, 0.3) is 0 Å². The van der Waals surface area contributed by atoms with E-state index in [1.165, 1.54) is 24.8 Å². The van der Waals surface area contributed by atoms with Crippen LogP contribution in [-0.4, -0.2) is 69.9 Å². The zero-order chi connectivity index (χ0) is 17.2. The molecule has 3 heterocycles. The number of aryl methyl sites for hydroxylation is 1. The highest BCUT2D eigenvalue weighted by molar-refractivity contribution is 5.79. The molecule has 3 aliphatic rings. The minimum Gasteiger partial charge on any atom is -0.374 e. The summed E-state index contributed by atoms with van der Waals surface area (Å²) in [7, 11) is 0. The van der Waals surface area contributed by atoms with Gasteiger partial charge in [0.1, 0.15) is 0 Å². The molecule has 0 radical (unpaired) electrons. The van der Waals surface area contributed by atoms with Crippen LogP contribution >= 0.6 is 0 Å². The van der Waals surface area contributed by atoms with Gasteiger partial charge in [-0.2, -0.15) is 5.10 Å². The predicted octanol–water partition coefficient (Wildman–Crippen LogP) is 1.83. The van der Waals surface area contributed by atoms with Crippen molar-refractivity contribution in [1.82, 2.24) is 19.6 Å². The van der Waals surface area contributed by atoms with E-state index in [4.69, 9.17) is 4.74 Å². The zero-order valence-corrected chi connectivity index (χ0v) is 15.3. The van der Waals surface area contributed by atoms with E-state index in [9.17, 15) is 4.79 Å². The van der Waals surface area contributed by atoms with Crippen LogP contribution in [0.3, 0.4) is 0 Å². The molecular formula is C19H30N4O2. The number of morpholine rings is 1. The lowest BCUT2D eigenvalue weighted by Crippen LogP contribution is -2.57. The van der Waals surface area contributed by atoms with Gasteiger partial charge in [0.05, 0.1) is 38.0 Å². The van der Waals surface area contributed by atoms with Crippen molar-refractivity contribution in [2.75, 3.05) is 26.2 Å². The molecule has 0 N–H and O–H groups in total. The summed E-state index contributed by atoms with van der Waals surface area (Å²) in [6.45, 7) is 5.98. The summed E-state index contributed by atoms with van der Waals surface area (Å²) in [5.74, 6) is 0.295. The second-order valence-corrected chi connectivity index (χ2v) is 7.85. The molecule has 1 aliphatic carbocycles. The van der Waals surface area contributed by atoms with E-state index >= 15 is 0 Å². The molecule has 4 rings (SSSR count). The third-order valence-corrected chi connectivity index (χ3v) is 6.05. The Labute approximate surface area is 150 Å². The van der Waals surface area contributed by atoms with E-state index in [0.717, 1.165) is 38.9 Å². The quantitative estimate of drug-likeness (QED) is 0.835. The van der Waals surface area contributed by atoms with Gasteiger partial charge in [0.2, 0.25) is 5.91 Å². The maximum Gasteiger partial charge on any atom is 0.237 e. The Kier molecular flexibility index (Phi) is 5.08. The molecule has 25 heavy (non-hydrogen) atoms. The fraction of sp³-hybridized carbons (Fsp3) is 0.789. The summed E-state index contributed by atoms with van der Waals surface area (Å²) >= 11 is 0. The van der Waals surface area contributed by atoms with Crippen molar-refractivity contribution in [2.45, 2.75) is 70.2 Å². The van der Waals surface area contributed by atoms with Gasteiger partial charge in [-0.25, -0.2) is 0 Å². The third kappa shape index (κ3) is 3.75. The summed E-state index contributed by atoms with van der Waals surface area (Å²) < 4.78 is 7.94. The molecule has 2 aliphatic heterocycles. The average molecular weight is 346 g/mol. The summed E-state index contributed by atoms with van der Waals surface area (Å²) in [5.41, 5.74) is 1.19. The summed E-state index contributed by atoms with van der Waals surface area (Å²) in [6, 6.07) is 0.733. The van der Waals surface area contributed by atoms with Crippen LogP contribution in [0.1, 0.15) is 44.1 Å². The van der Waals surface area contributed by atoms with Gasteiger partial charge in [-0.05, 0) is 44.7 Å². The Hall–Kier alpha value is -1.40. The molecule has 6 heteroatoms. The molecule has 0 spiro atoms. The van der Waals surface area contributed by atoms with Gasteiger partial charge < -0.3 is 9.64 Å². The summed E-state index contributed by atoms with van der Waals surface area (Å²) in [4.78, 5) is 17.5. The number of ether oxygens (including phenoxy) is 1. The fourth-order valence-corrected chi connectivity index (χ4v) is 4.76. The SMILES string of the molecule is Cc1cnn(CC2CCCN2CC(=O)N2CCOC3CCCCC32)c1. The predicted molar refractivity (Wildman–Crippen MR) is 95.3 cm³/mol. The van der Waals surface area contributed by atoms with E-state index in [-0.39, 0.29) is 6.10 Å². The molecule has 138 valence electrons. The molecule has 0 bridgehead atoms. The summed E-state index contributed by atoms with van der Waals surface area (Å²) in [5, 5.41) is 4.41. The monoisotopic (exact) mass is 346 g/mol. The second kappa shape index (κ2) is 7.46. The van der Waals surface area contributed by atoms with Crippen molar-refractivity contribution in [3.63, 3.8) is 0 Å². The maximum atomic E-state index is 13.0. The highest BCUT2D eigenvalue weighted by Gasteiger charge is 2.38. The van der Waals surface area contributed by atoms with E-state index in [1.807, 2.05) is 10.9 Å². The van der Waals surface area contributed by atoms with Gasteiger partial charge in [0.15, 0.2) is 0 Å². The Morgan fingerprint density at radius 3 is 2.96 bits per heavy atom. The van der Waals surface area contributed by atoms with Gasteiger partial charge in [-0.1, -0.05) is 12.8 Å². The molecule has 2 saturated heterocycles. The number of nitrogens with zero attached hydrogens (tertiary/aromatic N) is 4. The van der Waals surface area contributed by atoms with Gasteiger partial charge in [0.25, 0.3) is 0 Å². The lowest BCUT2D eigenvalue weighted by Gasteiger charge is -2.44. The van der Waals surface area contributed by atoms with E-state index in [2.05, 4.69) is 28.0 Å². The standard InChI is InChI=1S/C19H30N4O2/c1-15-11-20-22(12-15)13-16-5-4-8-21(16)14-19(24)23-9-10-25-18-7-3-2-6-17(18)23/h11-12,16-18H,2-10,13-14H2,1H3. The number of hydrogen-bond donors (Lipinski definition) is 0. The Bertz CT molecular complexity index is 600. The molecule has 3 atom stereocenters. The van der Waals surface area contributed by atoms with Crippen LogP contribution in [0.2, 0.25) is 0 Å². The van der Waals surface area contributed by atoms with Crippen molar-refractivity contribution in [1.29, 1.82) is 0 Å². The van der Waals surface area contributed by atoms with Crippen LogP contribution in [0.5, 0.6) is 0 Å². The fourth-order valence-electron chi connectivity index (χ4n) is 4.76. The van der Waals surface area contributed by atoms with Crippen LogP contribution in [-0.2, 0) is 16.1 Å². The first-order valence-electron chi connectivity index (χ1n) is 9.85. The second-order valence-electron chi connectivity index (χ2n) is 7.85.